The lowest BCUT2D eigenvalue weighted by Crippen LogP contribution is -2.09. The van der Waals surface area contributed by atoms with Crippen LogP contribution in [0.3, 0.4) is 0 Å². The molecule has 0 aliphatic rings. The molecule has 0 N–H and O–H groups in total. The fraction of sp³-hybridized carbons (Fsp3) is 0.0714. The number of nitrogens with zero attached hydrogens (tertiary/aromatic N) is 1. The Morgan fingerprint density at radius 2 is 1.57 bits per heavy atom. The number of ketones is 1. The van der Waals surface area contributed by atoms with Gasteiger partial charge in [0.05, 0.1) is 10.5 Å². The summed E-state index contributed by atoms with van der Waals surface area (Å²) in [5.41, 5.74) is -0.631. The van der Waals surface area contributed by atoms with Gasteiger partial charge in [-0.2, -0.15) is 0 Å². The van der Waals surface area contributed by atoms with E-state index < -0.39 is 33.7 Å². The Bertz CT molecular complexity index is 691. The van der Waals surface area contributed by atoms with Gasteiger partial charge in [-0.25, -0.2) is 13.2 Å². The highest BCUT2D eigenvalue weighted by atomic mass is 19.1. The van der Waals surface area contributed by atoms with E-state index in [0.29, 0.717) is 17.7 Å². The van der Waals surface area contributed by atoms with Crippen LogP contribution in [0.5, 0.6) is 0 Å². The van der Waals surface area contributed by atoms with E-state index in [-0.39, 0.29) is 12.1 Å². The fourth-order valence-electron chi connectivity index (χ4n) is 1.82. The minimum absolute atomic E-state index is 0.162. The van der Waals surface area contributed by atoms with Crippen molar-refractivity contribution in [2.45, 2.75) is 6.42 Å². The van der Waals surface area contributed by atoms with E-state index in [9.17, 15) is 28.1 Å². The number of hydrogen-bond donors (Lipinski definition) is 0. The third kappa shape index (κ3) is 3.25. The number of non-ortho nitro benzene ring substituents is 1. The zero-order valence-electron chi connectivity index (χ0n) is 10.5. The van der Waals surface area contributed by atoms with E-state index >= 15 is 0 Å². The smallest absolute Gasteiger partial charge is 0.269 e. The van der Waals surface area contributed by atoms with E-state index in [1.165, 1.54) is 24.3 Å². The van der Waals surface area contributed by atoms with Gasteiger partial charge in [-0.05, 0) is 5.56 Å². The van der Waals surface area contributed by atoms with Gasteiger partial charge in [-0.15, -0.1) is 0 Å². The molecule has 0 aliphatic carbocycles. The van der Waals surface area contributed by atoms with Crippen LogP contribution < -0.4 is 0 Å². The van der Waals surface area contributed by atoms with Gasteiger partial charge in [0.15, 0.2) is 5.78 Å². The number of halogens is 3. The normalized spacial score (nSPS) is 10.4. The van der Waals surface area contributed by atoms with E-state index in [1.54, 1.807) is 0 Å². The summed E-state index contributed by atoms with van der Waals surface area (Å²) in [4.78, 5) is 21.7. The number of carbonyl (C=O) groups is 1. The zero-order valence-corrected chi connectivity index (χ0v) is 10.5. The van der Waals surface area contributed by atoms with Gasteiger partial charge in [0.1, 0.15) is 17.5 Å². The summed E-state index contributed by atoms with van der Waals surface area (Å²) in [5, 5.41) is 10.5. The number of nitro groups is 1. The molecule has 0 atom stereocenters. The number of benzene rings is 2. The molecule has 0 aliphatic heterocycles. The van der Waals surface area contributed by atoms with Crippen molar-refractivity contribution in [3.05, 3.63) is 75.1 Å². The Hall–Kier alpha value is -2.70. The van der Waals surface area contributed by atoms with Gasteiger partial charge in [-0.1, -0.05) is 12.1 Å². The van der Waals surface area contributed by atoms with Gasteiger partial charge < -0.3 is 0 Å². The Kier molecular flexibility index (Phi) is 4.02. The quantitative estimate of drug-likeness (QED) is 0.493. The van der Waals surface area contributed by atoms with Crippen molar-refractivity contribution in [3.63, 3.8) is 0 Å². The molecule has 0 spiro atoms. The highest BCUT2D eigenvalue weighted by molar-refractivity contribution is 5.98. The van der Waals surface area contributed by atoms with E-state index in [4.69, 9.17) is 0 Å². The molecule has 2 aromatic carbocycles. The summed E-state index contributed by atoms with van der Waals surface area (Å²) in [6, 6.07) is 5.84. The molecule has 0 bridgehead atoms. The van der Waals surface area contributed by atoms with Gasteiger partial charge in [0.25, 0.3) is 5.69 Å². The van der Waals surface area contributed by atoms with Crippen LogP contribution in [-0.2, 0) is 6.42 Å². The maximum absolute atomic E-state index is 13.4. The number of Topliss-reactive ketones (excluding diaryl/α,β-unsaturated/α-hetero) is 1. The van der Waals surface area contributed by atoms with Crippen LogP contribution >= 0.6 is 0 Å². The molecular weight excluding hydrogens is 287 g/mol. The topological polar surface area (TPSA) is 60.2 Å². The van der Waals surface area contributed by atoms with Crippen LogP contribution in [0.4, 0.5) is 18.9 Å². The van der Waals surface area contributed by atoms with Crippen molar-refractivity contribution in [1.29, 1.82) is 0 Å². The Morgan fingerprint density at radius 3 is 2.05 bits per heavy atom. The van der Waals surface area contributed by atoms with Gasteiger partial charge in [-0.3, -0.25) is 14.9 Å². The summed E-state index contributed by atoms with van der Waals surface area (Å²) >= 11 is 0. The van der Waals surface area contributed by atoms with Crippen LogP contribution in [0.15, 0.2) is 36.4 Å². The summed E-state index contributed by atoms with van der Waals surface area (Å²) < 4.78 is 39.7. The predicted molar refractivity (Wildman–Crippen MR) is 67.4 cm³/mol. The first-order valence-electron chi connectivity index (χ1n) is 5.79. The molecule has 2 rings (SSSR count). The molecule has 0 saturated carbocycles. The summed E-state index contributed by atoms with van der Waals surface area (Å²) in [7, 11) is 0. The third-order valence-electron chi connectivity index (χ3n) is 2.80. The van der Waals surface area contributed by atoms with E-state index in [0.717, 1.165) is 0 Å². The van der Waals surface area contributed by atoms with Gasteiger partial charge >= 0.3 is 0 Å². The van der Waals surface area contributed by atoms with Crippen LogP contribution in [0.1, 0.15) is 15.9 Å². The number of hydrogen-bond acceptors (Lipinski definition) is 3. The molecule has 2 aromatic rings. The molecule has 7 heteroatoms. The average Bonchev–Trinajstić information content (AvgIpc) is 2.37. The highest BCUT2D eigenvalue weighted by Crippen LogP contribution is 2.18. The van der Waals surface area contributed by atoms with Crippen molar-refractivity contribution in [2.75, 3.05) is 0 Å². The second-order valence-corrected chi connectivity index (χ2v) is 4.27. The average molecular weight is 295 g/mol. The predicted octanol–water partition coefficient (Wildman–Crippen LogP) is 3.44. The molecular formula is C14H8F3NO3. The molecule has 0 radical (unpaired) electrons. The second-order valence-electron chi connectivity index (χ2n) is 4.27. The molecule has 0 fully saturated rings. The monoisotopic (exact) mass is 295 g/mol. The lowest BCUT2D eigenvalue weighted by atomic mass is 10.0. The minimum Gasteiger partial charge on any atom is -0.294 e. The first kappa shape index (κ1) is 14.7. The summed E-state index contributed by atoms with van der Waals surface area (Å²) in [5.74, 6) is -4.55. The maximum Gasteiger partial charge on any atom is 0.269 e. The molecule has 0 saturated heterocycles. The third-order valence-corrected chi connectivity index (χ3v) is 2.80. The van der Waals surface area contributed by atoms with Crippen molar-refractivity contribution >= 4 is 11.5 Å². The van der Waals surface area contributed by atoms with Crippen molar-refractivity contribution < 1.29 is 22.9 Å². The van der Waals surface area contributed by atoms with Gasteiger partial charge in [0, 0.05) is 30.7 Å². The van der Waals surface area contributed by atoms with Crippen molar-refractivity contribution in [2.24, 2.45) is 0 Å². The van der Waals surface area contributed by atoms with Crippen LogP contribution in [0, 0.1) is 27.6 Å². The van der Waals surface area contributed by atoms with E-state index in [2.05, 4.69) is 0 Å². The highest BCUT2D eigenvalue weighted by Gasteiger charge is 2.19. The SMILES string of the molecule is O=C(Cc1ccc([N+](=O)[O-])cc1)c1c(F)cc(F)cc1F. The standard InChI is InChI=1S/C14H8F3NO3/c15-9-6-11(16)14(12(17)7-9)13(19)5-8-1-3-10(4-2-8)18(20)21/h1-4,6-7H,5H2. The molecule has 108 valence electrons. The molecule has 0 aromatic heterocycles. The van der Waals surface area contributed by atoms with Gasteiger partial charge in [0.2, 0.25) is 0 Å². The summed E-state index contributed by atoms with van der Waals surface area (Å²) in [6.07, 6.45) is -0.350. The molecule has 21 heavy (non-hydrogen) atoms. The minimum atomic E-state index is -1.28. The van der Waals surface area contributed by atoms with Crippen LogP contribution in [0.25, 0.3) is 0 Å². The number of rotatable bonds is 4. The molecule has 0 amide bonds. The van der Waals surface area contributed by atoms with E-state index in [1.807, 2.05) is 0 Å². The maximum atomic E-state index is 13.4. The number of carbonyl (C=O) groups excluding carboxylic acids is 1. The zero-order chi connectivity index (χ0) is 15.6. The summed E-state index contributed by atoms with van der Waals surface area (Å²) in [6.45, 7) is 0. The molecule has 0 heterocycles. The molecule has 4 nitrogen and oxygen atoms in total. The van der Waals surface area contributed by atoms with Crippen LogP contribution in [-0.4, -0.2) is 10.7 Å². The lowest BCUT2D eigenvalue weighted by Gasteiger charge is -2.05. The van der Waals surface area contributed by atoms with Crippen molar-refractivity contribution in [3.8, 4) is 0 Å². The first-order valence-corrected chi connectivity index (χ1v) is 5.79. The van der Waals surface area contributed by atoms with Crippen LogP contribution in [0.2, 0.25) is 0 Å². The number of nitro benzene ring substituents is 1. The Morgan fingerprint density at radius 1 is 1.05 bits per heavy atom. The first-order chi connectivity index (χ1) is 9.88. The second kappa shape index (κ2) is 5.74. The fourth-order valence-corrected chi connectivity index (χ4v) is 1.82. The molecule has 0 unspecified atom stereocenters. The Balaban J connectivity index is 2.24. The Labute approximate surface area is 117 Å². The largest absolute Gasteiger partial charge is 0.294 e. The van der Waals surface area contributed by atoms with Crippen molar-refractivity contribution in [1.82, 2.24) is 0 Å². The lowest BCUT2D eigenvalue weighted by molar-refractivity contribution is -0.384.